The molecule has 0 radical (unpaired) electrons. The van der Waals surface area contributed by atoms with E-state index >= 15 is 0 Å². The number of sulfone groups is 1. The Kier molecular flexibility index (Phi) is 5.27. The Hall–Kier alpha value is -0.270. The zero-order chi connectivity index (χ0) is 13.1. The van der Waals surface area contributed by atoms with Gasteiger partial charge in [-0.1, -0.05) is 0 Å². The van der Waals surface area contributed by atoms with E-state index in [1.807, 2.05) is 13.8 Å². The second kappa shape index (κ2) is 6.06. The average Bonchev–Trinajstić information content (AvgIpc) is 2.24. The molecule has 1 aliphatic rings. The summed E-state index contributed by atoms with van der Waals surface area (Å²) < 4.78 is 28.4. The number of ether oxygens (including phenoxy) is 1. The maximum Gasteiger partial charge on any atom is 0.249 e. The van der Waals surface area contributed by atoms with Gasteiger partial charge in [-0.25, -0.2) is 8.42 Å². The molecular formula is C10H19NO4S2. The summed E-state index contributed by atoms with van der Waals surface area (Å²) >= 11 is 1.56. The largest absolute Gasteiger partial charge is 0.369 e. The zero-order valence-electron chi connectivity index (χ0n) is 10.4. The highest BCUT2D eigenvalue weighted by Gasteiger charge is 2.33. The van der Waals surface area contributed by atoms with Crippen molar-refractivity contribution in [1.29, 1.82) is 0 Å². The Balaban J connectivity index is 2.68. The predicted octanol–water partition coefficient (Wildman–Crippen LogP) is 0.358. The van der Waals surface area contributed by atoms with Crippen LogP contribution in [0.25, 0.3) is 0 Å². The van der Waals surface area contributed by atoms with Crippen LogP contribution < -0.4 is 0 Å². The highest BCUT2D eigenvalue weighted by atomic mass is 32.2. The number of rotatable bonds is 4. The van der Waals surface area contributed by atoms with E-state index in [1.165, 1.54) is 11.2 Å². The summed E-state index contributed by atoms with van der Waals surface area (Å²) in [5.74, 6) is 0.987. The summed E-state index contributed by atoms with van der Waals surface area (Å²) in [4.78, 5) is 13.3. The maximum atomic E-state index is 11.9. The van der Waals surface area contributed by atoms with E-state index in [1.54, 1.807) is 11.8 Å². The van der Waals surface area contributed by atoms with E-state index in [2.05, 4.69) is 0 Å². The van der Waals surface area contributed by atoms with E-state index < -0.39 is 15.2 Å². The van der Waals surface area contributed by atoms with Crippen LogP contribution in [0.1, 0.15) is 13.8 Å². The first-order chi connectivity index (χ1) is 7.82. The minimum atomic E-state index is -3.23. The first-order valence-corrected chi connectivity index (χ1v) is 8.61. The van der Waals surface area contributed by atoms with Gasteiger partial charge >= 0.3 is 0 Å². The van der Waals surface area contributed by atoms with E-state index in [0.717, 1.165) is 5.75 Å². The van der Waals surface area contributed by atoms with Gasteiger partial charge in [-0.05, 0) is 13.8 Å². The SMILES string of the molecule is CC(C)OCC(=O)N1CCSCC1S(C)(=O)=O. The summed E-state index contributed by atoms with van der Waals surface area (Å²) in [6, 6.07) is 0. The molecule has 0 aromatic rings. The molecule has 0 bridgehead atoms. The number of carbonyl (C=O) groups excluding carboxylic acids is 1. The van der Waals surface area contributed by atoms with Crippen LogP contribution in [0.2, 0.25) is 0 Å². The lowest BCUT2D eigenvalue weighted by molar-refractivity contribution is -0.138. The minimum Gasteiger partial charge on any atom is -0.369 e. The van der Waals surface area contributed by atoms with Gasteiger partial charge in [0.2, 0.25) is 5.91 Å². The Bertz CT molecular complexity index is 367. The molecule has 0 saturated carbocycles. The lowest BCUT2D eigenvalue weighted by Crippen LogP contribution is -2.51. The molecule has 0 aliphatic carbocycles. The summed E-state index contributed by atoms with van der Waals surface area (Å²) in [5, 5.41) is -0.704. The molecule has 0 aromatic carbocycles. The highest BCUT2D eigenvalue weighted by molar-refractivity contribution is 8.00. The van der Waals surface area contributed by atoms with Crippen molar-refractivity contribution in [3.8, 4) is 0 Å². The van der Waals surface area contributed by atoms with Crippen LogP contribution in [0.5, 0.6) is 0 Å². The van der Waals surface area contributed by atoms with Crippen molar-refractivity contribution in [3.05, 3.63) is 0 Å². The zero-order valence-corrected chi connectivity index (χ0v) is 12.0. The summed E-state index contributed by atoms with van der Waals surface area (Å²) in [7, 11) is -3.23. The fourth-order valence-electron chi connectivity index (χ4n) is 1.54. The fraction of sp³-hybridized carbons (Fsp3) is 0.900. The number of thioether (sulfide) groups is 1. The standard InChI is InChI=1S/C10H19NO4S2/c1-8(2)15-6-9(12)11-4-5-16-7-10(11)17(3,13)14/h8,10H,4-7H2,1-3H3. The number of carbonyl (C=O) groups is 1. The molecule has 1 fully saturated rings. The third-order valence-corrected chi connectivity index (χ3v) is 5.08. The lowest BCUT2D eigenvalue weighted by atomic mass is 10.4. The van der Waals surface area contributed by atoms with Crippen molar-refractivity contribution >= 4 is 27.5 Å². The Morgan fingerprint density at radius 3 is 2.71 bits per heavy atom. The van der Waals surface area contributed by atoms with Crippen LogP contribution in [0.15, 0.2) is 0 Å². The summed E-state index contributed by atoms with van der Waals surface area (Å²) in [5.41, 5.74) is 0. The number of amides is 1. The molecule has 0 N–H and O–H groups in total. The molecule has 0 spiro atoms. The predicted molar refractivity (Wildman–Crippen MR) is 68.8 cm³/mol. The van der Waals surface area contributed by atoms with Gasteiger partial charge in [0.1, 0.15) is 12.0 Å². The molecule has 17 heavy (non-hydrogen) atoms. The molecule has 100 valence electrons. The first-order valence-electron chi connectivity index (χ1n) is 5.50. The quantitative estimate of drug-likeness (QED) is 0.744. The van der Waals surface area contributed by atoms with Crippen molar-refractivity contribution in [1.82, 2.24) is 4.90 Å². The second-order valence-electron chi connectivity index (χ2n) is 4.31. The normalized spacial score (nSPS) is 21.9. The van der Waals surface area contributed by atoms with Gasteiger partial charge < -0.3 is 9.64 Å². The van der Waals surface area contributed by atoms with Crippen LogP contribution >= 0.6 is 11.8 Å². The second-order valence-corrected chi connectivity index (χ2v) is 7.66. The van der Waals surface area contributed by atoms with Gasteiger partial charge in [0.15, 0.2) is 9.84 Å². The van der Waals surface area contributed by atoms with Crippen molar-refractivity contribution < 1.29 is 17.9 Å². The van der Waals surface area contributed by atoms with Gasteiger partial charge in [-0.3, -0.25) is 4.79 Å². The lowest BCUT2D eigenvalue weighted by Gasteiger charge is -2.34. The van der Waals surface area contributed by atoms with Crippen LogP contribution in [-0.2, 0) is 19.4 Å². The minimum absolute atomic E-state index is 0.0326. The molecule has 1 heterocycles. The summed E-state index contributed by atoms with van der Waals surface area (Å²) in [6.07, 6.45) is 1.14. The smallest absolute Gasteiger partial charge is 0.249 e. The van der Waals surface area contributed by atoms with E-state index in [4.69, 9.17) is 4.74 Å². The van der Waals surface area contributed by atoms with Gasteiger partial charge in [0.05, 0.1) is 6.10 Å². The molecule has 1 atom stereocenters. The maximum absolute atomic E-state index is 11.9. The van der Waals surface area contributed by atoms with E-state index in [0.29, 0.717) is 12.3 Å². The van der Waals surface area contributed by atoms with Gasteiger partial charge in [-0.15, -0.1) is 0 Å². The third-order valence-electron chi connectivity index (χ3n) is 2.44. The van der Waals surface area contributed by atoms with Crippen LogP contribution in [0.3, 0.4) is 0 Å². The van der Waals surface area contributed by atoms with E-state index in [9.17, 15) is 13.2 Å². The van der Waals surface area contributed by atoms with Gasteiger partial charge in [0.25, 0.3) is 0 Å². The van der Waals surface area contributed by atoms with Crippen molar-refractivity contribution in [3.63, 3.8) is 0 Å². The Morgan fingerprint density at radius 2 is 2.18 bits per heavy atom. The topological polar surface area (TPSA) is 63.7 Å². The highest BCUT2D eigenvalue weighted by Crippen LogP contribution is 2.20. The monoisotopic (exact) mass is 281 g/mol. The number of hydrogen-bond donors (Lipinski definition) is 0. The molecule has 1 rings (SSSR count). The van der Waals surface area contributed by atoms with Crippen molar-refractivity contribution in [2.75, 3.05) is 30.9 Å². The molecular weight excluding hydrogens is 262 g/mol. The molecule has 1 unspecified atom stereocenters. The number of hydrogen-bond acceptors (Lipinski definition) is 5. The Labute approximate surface area is 107 Å². The third kappa shape index (κ3) is 4.48. The first kappa shape index (κ1) is 14.8. The van der Waals surface area contributed by atoms with E-state index in [-0.39, 0.29) is 18.6 Å². The van der Waals surface area contributed by atoms with Crippen molar-refractivity contribution in [2.45, 2.75) is 25.3 Å². The van der Waals surface area contributed by atoms with Crippen LogP contribution in [0.4, 0.5) is 0 Å². The molecule has 1 amide bonds. The molecule has 7 heteroatoms. The van der Waals surface area contributed by atoms with Crippen LogP contribution in [-0.4, -0.2) is 61.6 Å². The molecule has 5 nitrogen and oxygen atoms in total. The molecule has 0 aromatic heterocycles. The summed E-state index contributed by atoms with van der Waals surface area (Å²) in [6.45, 7) is 4.11. The average molecular weight is 281 g/mol. The number of nitrogens with zero attached hydrogens (tertiary/aromatic N) is 1. The Morgan fingerprint density at radius 1 is 1.53 bits per heavy atom. The molecule has 1 saturated heterocycles. The van der Waals surface area contributed by atoms with Crippen molar-refractivity contribution in [2.24, 2.45) is 0 Å². The fourth-order valence-corrected chi connectivity index (χ4v) is 4.38. The van der Waals surface area contributed by atoms with Gasteiger partial charge in [-0.2, -0.15) is 11.8 Å². The van der Waals surface area contributed by atoms with Gasteiger partial charge in [0, 0.05) is 24.3 Å². The van der Waals surface area contributed by atoms with Crippen LogP contribution in [0, 0.1) is 0 Å². The molecule has 1 aliphatic heterocycles.